The molecule has 2 rings (SSSR count). The molecule has 14 heavy (non-hydrogen) atoms. The van der Waals surface area contributed by atoms with E-state index in [9.17, 15) is 9.59 Å². The highest BCUT2D eigenvalue weighted by Gasteiger charge is 2.49. The number of rotatable bonds is 0. The third kappa shape index (κ3) is 1.31. The fourth-order valence-corrected chi connectivity index (χ4v) is 2.49. The van der Waals surface area contributed by atoms with Gasteiger partial charge in [0.05, 0.1) is 0 Å². The number of hydrogen-bond donors (Lipinski definition) is 0. The van der Waals surface area contributed by atoms with E-state index in [4.69, 9.17) is 4.74 Å². The predicted molar refractivity (Wildman–Crippen MR) is 50.8 cm³/mol. The maximum atomic E-state index is 11.7. The summed E-state index contributed by atoms with van der Waals surface area (Å²) in [6, 6.07) is 0. The normalized spacial score (nSPS) is 36.7. The highest BCUT2D eigenvalue weighted by Crippen LogP contribution is 2.47. The standard InChI is InChI=1S/C11H16O3/c1-11(2)8-4-3-7(8)9(12)5-14-6-10(11)13/h7-8H,3-6H2,1-2H3/t7-,8-/m1/s1. The van der Waals surface area contributed by atoms with Crippen LogP contribution in [0, 0.1) is 17.3 Å². The van der Waals surface area contributed by atoms with Crippen molar-refractivity contribution in [3.8, 4) is 0 Å². The van der Waals surface area contributed by atoms with Crippen LogP contribution in [0.3, 0.4) is 0 Å². The molecule has 0 aromatic rings. The van der Waals surface area contributed by atoms with Crippen LogP contribution in [0.5, 0.6) is 0 Å². The minimum absolute atomic E-state index is 0.0780. The minimum atomic E-state index is -0.376. The van der Waals surface area contributed by atoms with E-state index in [1.54, 1.807) is 0 Å². The van der Waals surface area contributed by atoms with Crippen molar-refractivity contribution in [2.24, 2.45) is 17.3 Å². The number of hydrogen-bond acceptors (Lipinski definition) is 3. The molecule has 0 amide bonds. The topological polar surface area (TPSA) is 43.4 Å². The molecule has 1 heterocycles. The molecular formula is C11H16O3. The summed E-state index contributed by atoms with van der Waals surface area (Å²) in [4.78, 5) is 23.3. The predicted octanol–water partition coefficient (Wildman–Crippen LogP) is 1.21. The van der Waals surface area contributed by atoms with Gasteiger partial charge in [0.15, 0.2) is 11.6 Å². The molecule has 0 spiro atoms. The SMILES string of the molecule is CC1(C)C(=O)COCC(=O)[C@@H]2CC[C@H]21. The summed E-state index contributed by atoms with van der Waals surface area (Å²) in [7, 11) is 0. The quantitative estimate of drug-likeness (QED) is 0.585. The molecule has 3 heteroatoms. The van der Waals surface area contributed by atoms with E-state index in [0.717, 1.165) is 12.8 Å². The van der Waals surface area contributed by atoms with Crippen LogP contribution in [-0.2, 0) is 14.3 Å². The summed E-state index contributed by atoms with van der Waals surface area (Å²) in [5.41, 5.74) is -0.376. The summed E-state index contributed by atoms with van der Waals surface area (Å²) in [5.74, 6) is 0.655. The first kappa shape index (κ1) is 9.84. The molecule has 2 fully saturated rings. The van der Waals surface area contributed by atoms with E-state index in [0.29, 0.717) is 0 Å². The molecule has 3 nitrogen and oxygen atoms in total. The van der Waals surface area contributed by atoms with Gasteiger partial charge in [0.2, 0.25) is 0 Å². The Balaban J connectivity index is 2.23. The van der Waals surface area contributed by atoms with E-state index in [1.807, 2.05) is 13.8 Å². The molecule has 0 radical (unpaired) electrons. The molecule has 1 aliphatic heterocycles. The van der Waals surface area contributed by atoms with Gasteiger partial charge in [-0.1, -0.05) is 13.8 Å². The van der Waals surface area contributed by atoms with E-state index in [2.05, 4.69) is 0 Å². The largest absolute Gasteiger partial charge is 0.366 e. The first-order chi connectivity index (χ1) is 6.53. The number of ether oxygens (including phenoxy) is 1. The average molecular weight is 196 g/mol. The van der Waals surface area contributed by atoms with Crippen molar-refractivity contribution in [3.05, 3.63) is 0 Å². The molecule has 0 N–H and O–H groups in total. The summed E-state index contributed by atoms with van der Waals surface area (Å²) in [5, 5.41) is 0. The van der Waals surface area contributed by atoms with E-state index in [-0.39, 0.29) is 42.0 Å². The third-order valence-electron chi connectivity index (χ3n) is 3.81. The Hall–Kier alpha value is -0.700. The van der Waals surface area contributed by atoms with Gasteiger partial charge in [0.25, 0.3) is 0 Å². The Morgan fingerprint density at radius 2 is 1.93 bits per heavy atom. The molecule has 2 aliphatic rings. The van der Waals surface area contributed by atoms with Gasteiger partial charge >= 0.3 is 0 Å². The van der Waals surface area contributed by atoms with Crippen LogP contribution in [-0.4, -0.2) is 24.8 Å². The molecule has 2 atom stereocenters. The lowest BCUT2D eigenvalue weighted by molar-refractivity contribution is -0.152. The molecule has 0 aromatic heterocycles. The van der Waals surface area contributed by atoms with Crippen LogP contribution in [0.4, 0.5) is 0 Å². The molecule has 78 valence electrons. The van der Waals surface area contributed by atoms with Gasteiger partial charge in [0.1, 0.15) is 13.2 Å². The van der Waals surface area contributed by atoms with Gasteiger partial charge in [-0.05, 0) is 18.8 Å². The van der Waals surface area contributed by atoms with Gasteiger partial charge < -0.3 is 4.74 Å². The van der Waals surface area contributed by atoms with Gasteiger partial charge in [-0.15, -0.1) is 0 Å². The van der Waals surface area contributed by atoms with Crippen LogP contribution in [0.2, 0.25) is 0 Å². The maximum Gasteiger partial charge on any atom is 0.164 e. The summed E-state index contributed by atoms with van der Waals surface area (Å²) < 4.78 is 5.09. The fraction of sp³-hybridized carbons (Fsp3) is 0.818. The average Bonchev–Trinajstić information content (AvgIpc) is 1.99. The Kier molecular flexibility index (Phi) is 2.22. The number of carbonyl (C=O) groups is 2. The maximum absolute atomic E-state index is 11.7. The van der Waals surface area contributed by atoms with Crippen molar-refractivity contribution < 1.29 is 14.3 Å². The van der Waals surface area contributed by atoms with Crippen LogP contribution >= 0.6 is 0 Å². The Bertz CT molecular complexity index is 280. The molecule has 0 aromatic carbocycles. The minimum Gasteiger partial charge on any atom is -0.366 e. The highest BCUT2D eigenvalue weighted by molar-refractivity contribution is 5.90. The Morgan fingerprint density at radius 1 is 1.21 bits per heavy atom. The fourth-order valence-electron chi connectivity index (χ4n) is 2.49. The molecule has 1 saturated heterocycles. The molecule has 0 bridgehead atoms. The third-order valence-corrected chi connectivity index (χ3v) is 3.81. The lowest BCUT2D eigenvalue weighted by Gasteiger charge is -2.46. The monoisotopic (exact) mass is 196 g/mol. The van der Waals surface area contributed by atoms with Gasteiger partial charge in [-0.2, -0.15) is 0 Å². The van der Waals surface area contributed by atoms with Crippen LogP contribution in [0.1, 0.15) is 26.7 Å². The number of ketones is 2. The highest BCUT2D eigenvalue weighted by atomic mass is 16.5. The van der Waals surface area contributed by atoms with E-state index < -0.39 is 0 Å². The number of fused-ring (bicyclic) bond motifs is 1. The molecule has 1 aliphatic carbocycles. The second kappa shape index (κ2) is 3.16. The van der Waals surface area contributed by atoms with Gasteiger partial charge in [-0.3, -0.25) is 9.59 Å². The molecule has 0 unspecified atom stereocenters. The second-order valence-corrected chi connectivity index (χ2v) is 4.89. The lowest BCUT2D eigenvalue weighted by Crippen LogP contribution is -2.50. The summed E-state index contributed by atoms with van der Waals surface area (Å²) >= 11 is 0. The smallest absolute Gasteiger partial charge is 0.164 e. The Morgan fingerprint density at radius 3 is 2.50 bits per heavy atom. The van der Waals surface area contributed by atoms with Crippen molar-refractivity contribution in [2.75, 3.05) is 13.2 Å². The zero-order valence-electron chi connectivity index (χ0n) is 8.71. The zero-order chi connectivity index (χ0) is 10.3. The number of Topliss-reactive ketones (excluding diaryl/α,β-unsaturated/α-hetero) is 2. The number of carbonyl (C=O) groups excluding carboxylic acids is 2. The van der Waals surface area contributed by atoms with Crippen molar-refractivity contribution in [2.45, 2.75) is 26.7 Å². The van der Waals surface area contributed by atoms with Crippen LogP contribution < -0.4 is 0 Å². The Labute approximate surface area is 83.8 Å². The van der Waals surface area contributed by atoms with E-state index in [1.165, 1.54) is 0 Å². The van der Waals surface area contributed by atoms with Crippen LogP contribution in [0.15, 0.2) is 0 Å². The zero-order valence-corrected chi connectivity index (χ0v) is 8.71. The van der Waals surface area contributed by atoms with Crippen molar-refractivity contribution in [1.29, 1.82) is 0 Å². The van der Waals surface area contributed by atoms with Crippen molar-refractivity contribution >= 4 is 11.6 Å². The van der Waals surface area contributed by atoms with Gasteiger partial charge in [-0.25, -0.2) is 0 Å². The lowest BCUT2D eigenvalue weighted by atomic mass is 9.58. The first-order valence-corrected chi connectivity index (χ1v) is 5.17. The first-order valence-electron chi connectivity index (χ1n) is 5.17. The molecule has 1 saturated carbocycles. The molecular weight excluding hydrogens is 180 g/mol. The van der Waals surface area contributed by atoms with Crippen LogP contribution in [0.25, 0.3) is 0 Å². The second-order valence-electron chi connectivity index (χ2n) is 4.89. The summed E-state index contributed by atoms with van der Waals surface area (Å²) in [6.07, 6.45) is 1.94. The van der Waals surface area contributed by atoms with Crippen molar-refractivity contribution in [1.82, 2.24) is 0 Å². The van der Waals surface area contributed by atoms with Gasteiger partial charge in [0, 0.05) is 11.3 Å². The van der Waals surface area contributed by atoms with Crippen molar-refractivity contribution in [3.63, 3.8) is 0 Å². The summed E-state index contributed by atoms with van der Waals surface area (Å²) in [6.45, 7) is 4.10. The van der Waals surface area contributed by atoms with E-state index >= 15 is 0 Å².